The van der Waals surface area contributed by atoms with E-state index in [-0.39, 0.29) is 22.5 Å². The van der Waals surface area contributed by atoms with Gasteiger partial charge in [-0.05, 0) is 73.0 Å². The monoisotopic (exact) mass is 310 g/mol. The van der Waals surface area contributed by atoms with Crippen molar-refractivity contribution in [3.05, 3.63) is 34.9 Å². The Kier molecular flexibility index (Phi) is 3.14. The summed E-state index contributed by atoms with van der Waals surface area (Å²) in [6.45, 7) is 6.43. The molecule has 122 valence electrons. The van der Waals surface area contributed by atoms with Gasteiger partial charge in [-0.25, -0.2) is 0 Å². The number of rotatable bonds is 1. The van der Waals surface area contributed by atoms with Crippen LogP contribution in [0.4, 0.5) is 0 Å². The van der Waals surface area contributed by atoms with Gasteiger partial charge >= 0.3 is 0 Å². The summed E-state index contributed by atoms with van der Waals surface area (Å²) in [5.41, 5.74) is 4.46. The van der Waals surface area contributed by atoms with Crippen molar-refractivity contribution in [3.8, 4) is 0 Å². The molecular weight excluding hydrogens is 284 g/mol. The van der Waals surface area contributed by atoms with Crippen molar-refractivity contribution in [2.24, 2.45) is 22.7 Å². The molecule has 0 spiro atoms. The maximum absolute atomic E-state index is 12.1. The lowest BCUT2D eigenvalue weighted by Crippen LogP contribution is -2.41. The highest BCUT2D eigenvalue weighted by molar-refractivity contribution is 5.92. The molecular formula is C21H26O2. The van der Waals surface area contributed by atoms with Crippen molar-refractivity contribution in [2.45, 2.75) is 59.3 Å². The van der Waals surface area contributed by atoms with E-state index in [2.05, 4.69) is 26.0 Å². The molecule has 4 atom stereocenters. The lowest BCUT2D eigenvalue weighted by Gasteiger charge is -2.50. The van der Waals surface area contributed by atoms with Crippen LogP contribution < -0.4 is 0 Å². The van der Waals surface area contributed by atoms with Crippen molar-refractivity contribution < 1.29 is 9.59 Å². The van der Waals surface area contributed by atoms with E-state index in [9.17, 15) is 9.59 Å². The fourth-order valence-corrected chi connectivity index (χ4v) is 5.97. The largest absolute Gasteiger partial charge is 0.300 e. The first-order valence-corrected chi connectivity index (χ1v) is 9.03. The lowest BCUT2D eigenvalue weighted by molar-refractivity contribution is -0.123. The minimum atomic E-state index is 0.0735. The summed E-state index contributed by atoms with van der Waals surface area (Å²) in [6, 6.07) is 0. The molecule has 4 aliphatic rings. The van der Waals surface area contributed by atoms with Gasteiger partial charge in [0, 0.05) is 12.3 Å². The number of allylic oxidation sites excluding steroid dienone is 6. The molecule has 0 aromatic rings. The molecule has 0 amide bonds. The molecule has 0 bridgehead atoms. The standard InChI is InChI=1S/C21H26O2/c1-13(22)17-6-7-18-16-5-4-14-12-15(23)8-10-20(14,2)19(16)9-11-21(17,18)3/h4-5,12,17,19H,6-11H2,1-3H3. The Morgan fingerprint density at radius 2 is 1.87 bits per heavy atom. The van der Waals surface area contributed by atoms with Crippen LogP contribution in [-0.2, 0) is 9.59 Å². The molecule has 4 unspecified atom stereocenters. The average molecular weight is 310 g/mol. The van der Waals surface area contributed by atoms with Gasteiger partial charge < -0.3 is 0 Å². The second-order valence-electron chi connectivity index (χ2n) is 8.46. The molecule has 4 aliphatic carbocycles. The van der Waals surface area contributed by atoms with Crippen molar-refractivity contribution in [1.29, 1.82) is 0 Å². The van der Waals surface area contributed by atoms with Gasteiger partial charge in [-0.2, -0.15) is 0 Å². The maximum Gasteiger partial charge on any atom is 0.156 e. The first kappa shape index (κ1) is 15.1. The molecule has 0 aliphatic heterocycles. The molecule has 1 saturated carbocycles. The van der Waals surface area contributed by atoms with Crippen molar-refractivity contribution in [1.82, 2.24) is 0 Å². The van der Waals surface area contributed by atoms with Crippen LogP contribution in [-0.4, -0.2) is 11.6 Å². The highest BCUT2D eigenvalue weighted by Crippen LogP contribution is 2.62. The molecule has 0 N–H and O–H groups in total. The average Bonchev–Trinajstić information content (AvgIpc) is 2.85. The summed E-state index contributed by atoms with van der Waals surface area (Å²) in [5, 5.41) is 0. The topological polar surface area (TPSA) is 34.1 Å². The van der Waals surface area contributed by atoms with Gasteiger partial charge in [0.15, 0.2) is 5.78 Å². The molecule has 0 saturated heterocycles. The smallest absolute Gasteiger partial charge is 0.156 e. The number of Topliss-reactive ketones (excluding diaryl/α,β-unsaturated/α-hetero) is 1. The van der Waals surface area contributed by atoms with E-state index in [1.807, 2.05) is 6.08 Å². The van der Waals surface area contributed by atoms with E-state index in [0.717, 1.165) is 32.1 Å². The predicted molar refractivity (Wildman–Crippen MR) is 90.8 cm³/mol. The van der Waals surface area contributed by atoms with Gasteiger partial charge in [0.25, 0.3) is 0 Å². The van der Waals surface area contributed by atoms with Crippen LogP contribution in [0, 0.1) is 22.7 Å². The molecule has 4 rings (SSSR count). The van der Waals surface area contributed by atoms with E-state index in [0.29, 0.717) is 18.1 Å². The van der Waals surface area contributed by atoms with Crippen LogP contribution in [0.1, 0.15) is 59.3 Å². The summed E-state index contributed by atoms with van der Waals surface area (Å²) in [7, 11) is 0. The maximum atomic E-state index is 12.1. The number of fused-ring (bicyclic) bond motifs is 4. The molecule has 2 nitrogen and oxygen atoms in total. The fourth-order valence-electron chi connectivity index (χ4n) is 5.97. The first-order chi connectivity index (χ1) is 10.9. The quantitative estimate of drug-likeness (QED) is 0.711. The Hall–Kier alpha value is -1.44. The van der Waals surface area contributed by atoms with Crippen LogP contribution in [0.25, 0.3) is 0 Å². The number of carbonyl (C=O) groups is 2. The zero-order valence-electron chi connectivity index (χ0n) is 14.4. The molecule has 1 fully saturated rings. The zero-order valence-corrected chi connectivity index (χ0v) is 14.4. The number of ketones is 2. The Balaban J connectivity index is 1.84. The zero-order chi connectivity index (χ0) is 16.4. The molecule has 0 aromatic heterocycles. The summed E-state index contributed by atoms with van der Waals surface area (Å²) < 4.78 is 0. The van der Waals surface area contributed by atoms with Gasteiger partial charge in [-0.1, -0.05) is 31.6 Å². The van der Waals surface area contributed by atoms with Crippen molar-refractivity contribution >= 4 is 11.6 Å². The van der Waals surface area contributed by atoms with Crippen LogP contribution in [0.15, 0.2) is 34.9 Å². The Morgan fingerprint density at radius 1 is 1.09 bits per heavy atom. The number of hydrogen-bond donors (Lipinski definition) is 0. The third-order valence-electron chi connectivity index (χ3n) is 7.39. The van der Waals surface area contributed by atoms with Crippen LogP contribution in [0.2, 0.25) is 0 Å². The first-order valence-electron chi connectivity index (χ1n) is 9.03. The van der Waals surface area contributed by atoms with Crippen molar-refractivity contribution in [3.63, 3.8) is 0 Å². The third-order valence-corrected chi connectivity index (χ3v) is 7.39. The molecule has 0 aromatic carbocycles. The van der Waals surface area contributed by atoms with Crippen molar-refractivity contribution in [2.75, 3.05) is 0 Å². The third kappa shape index (κ3) is 1.93. The summed E-state index contributed by atoms with van der Waals surface area (Å²) >= 11 is 0. The van der Waals surface area contributed by atoms with Gasteiger partial charge in [0.2, 0.25) is 0 Å². The summed E-state index contributed by atoms with van der Waals surface area (Å²) in [5.74, 6) is 1.37. The number of carbonyl (C=O) groups excluding carboxylic acids is 2. The number of hydrogen-bond acceptors (Lipinski definition) is 2. The normalized spacial score (nSPS) is 42.0. The van der Waals surface area contributed by atoms with E-state index in [1.165, 1.54) is 11.1 Å². The van der Waals surface area contributed by atoms with Gasteiger partial charge in [-0.15, -0.1) is 0 Å². The highest BCUT2D eigenvalue weighted by Gasteiger charge is 2.53. The Bertz CT molecular complexity index is 693. The Morgan fingerprint density at radius 3 is 2.61 bits per heavy atom. The van der Waals surface area contributed by atoms with E-state index >= 15 is 0 Å². The summed E-state index contributed by atoms with van der Waals surface area (Å²) in [6.07, 6.45) is 12.3. The molecule has 0 heterocycles. The SMILES string of the molecule is CC(=O)C1CCC2=C3C=CC4=CC(=O)CCC4(C)C3CCC21C. The Labute approximate surface area is 138 Å². The van der Waals surface area contributed by atoms with Crippen LogP contribution in [0.5, 0.6) is 0 Å². The van der Waals surface area contributed by atoms with Gasteiger partial charge in [-0.3, -0.25) is 9.59 Å². The van der Waals surface area contributed by atoms with Crippen LogP contribution in [0.3, 0.4) is 0 Å². The minimum absolute atomic E-state index is 0.0735. The predicted octanol–water partition coefficient (Wildman–Crippen LogP) is 4.56. The molecule has 23 heavy (non-hydrogen) atoms. The van der Waals surface area contributed by atoms with Gasteiger partial charge in [0.1, 0.15) is 5.78 Å². The molecule has 0 radical (unpaired) electrons. The second kappa shape index (κ2) is 4.78. The fraction of sp³-hybridized carbons (Fsp3) is 0.619. The summed E-state index contributed by atoms with van der Waals surface area (Å²) in [4.78, 5) is 23.9. The van der Waals surface area contributed by atoms with Gasteiger partial charge in [0.05, 0.1) is 0 Å². The second-order valence-corrected chi connectivity index (χ2v) is 8.46. The van der Waals surface area contributed by atoms with E-state index < -0.39 is 0 Å². The van der Waals surface area contributed by atoms with Crippen LogP contribution >= 0.6 is 0 Å². The van der Waals surface area contributed by atoms with E-state index in [4.69, 9.17) is 0 Å². The van der Waals surface area contributed by atoms with E-state index in [1.54, 1.807) is 12.5 Å². The highest BCUT2D eigenvalue weighted by atomic mass is 16.1. The molecule has 2 heteroatoms. The lowest BCUT2D eigenvalue weighted by atomic mass is 9.53. The minimum Gasteiger partial charge on any atom is -0.300 e.